The lowest BCUT2D eigenvalue weighted by atomic mass is 9.99. The summed E-state index contributed by atoms with van der Waals surface area (Å²) < 4.78 is 0.964. The van der Waals surface area contributed by atoms with Gasteiger partial charge in [-0.2, -0.15) is 0 Å². The summed E-state index contributed by atoms with van der Waals surface area (Å²) in [5.74, 6) is -0.977. The molecule has 0 radical (unpaired) electrons. The van der Waals surface area contributed by atoms with Gasteiger partial charge in [-0.25, -0.2) is 0 Å². The van der Waals surface area contributed by atoms with Crippen molar-refractivity contribution in [2.75, 3.05) is 6.54 Å². The Hall–Kier alpha value is -2.64. The molecular weight excluding hydrogens is 414 g/mol. The van der Waals surface area contributed by atoms with Crippen LogP contribution < -0.4 is 5.32 Å². The molecule has 0 unspecified atom stereocenters. The molecule has 1 N–H and O–H groups in total. The maximum Gasteiger partial charge on any atom is 0.265 e. The van der Waals surface area contributed by atoms with Crippen LogP contribution in [0, 0.1) is 0 Å². The average molecular weight is 428 g/mol. The van der Waals surface area contributed by atoms with E-state index in [2.05, 4.69) is 32.8 Å². The highest BCUT2D eigenvalue weighted by Gasteiger charge is 2.32. The van der Waals surface area contributed by atoms with Gasteiger partial charge in [0.05, 0.1) is 0 Å². The van der Waals surface area contributed by atoms with E-state index < -0.39 is 11.8 Å². The Morgan fingerprint density at radius 3 is 2.65 bits per heavy atom. The Morgan fingerprint density at radius 1 is 1.23 bits per heavy atom. The number of rotatable bonds is 4. The van der Waals surface area contributed by atoms with Gasteiger partial charge in [0, 0.05) is 29.0 Å². The van der Waals surface area contributed by atoms with E-state index in [1.807, 2.05) is 30.3 Å². The molecule has 1 aliphatic heterocycles. The first-order chi connectivity index (χ1) is 12.5. The molecule has 26 heavy (non-hydrogen) atoms. The number of carbonyl (C=O) groups is 2. The second kappa shape index (κ2) is 7.72. The molecule has 7 heteroatoms. The molecule has 0 bridgehead atoms. The SMILES string of the molecule is C=CCN1C(=O)/C(=C/c2cnccc2-c2ccc(Br)cc2)C(=O)NC1=S. The van der Waals surface area contributed by atoms with Gasteiger partial charge in [0.2, 0.25) is 0 Å². The second-order valence-electron chi connectivity index (χ2n) is 5.49. The van der Waals surface area contributed by atoms with Crippen molar-refractivity contribution in [2.45, 2.75) is 0 Å². The van der Waals surface area contributed by atoms with E-state index in [1.54, 1.807) is 24.5 Å². The fourth-order valence-electron chi connectivity index (χ4n) is 2.56. The number of hydrogen-bond acceptors (Lipinski definition) is 4. The van der Waals surface area contributed by atoms with Crippen LogP contribution in [0.2, 0.25) is 0 Å². The summed E-state index contributed by atoms with van der Waals surface area (Å²) in [6, 6.07) is 9.59. The van der Waals surface area contributed by atoms with Gasteiger partial charge in [-0.05, 0) is 47.6 Å². The van der Waals surface area contributed by atoms with Gasteiger partial charge in [0.1, 0.15) is 5.57 Å². The molecule has 0 aliphatic carbocycles. The van der Waals surface area contributed by atoms with Gasteiger partial charge in [0.15, 0.2) is 5.11 Å². The minimum atomic E-state index is -0.522. The van der Waals surface area contributed by atoms with Gasteiger partial charge in [-0.1, -0.05) is 34.1 Å². The largest absolute Gasteiger partial charge is 0.298 e. The van der Waals surface area contributed by atoms with Crippen molar-refractivity contribution in [3.8, 4) is 11.1 Å². The zero-order valence-electron chi connectivity index (χ0n) is 13.6. The maximum absolute atomic E-state index is 12.7. The van der Waals surface area contributed by atoms with Crippen molar-refractivity contribution in [1.82, 2.24) is 15.2 Å². The first-order valence-electron chi connectivity index (χ1n) is 7.71. The molecular formula is C19H14BrN3O2S. The van der Waals surface area contributed by atoms with E-state index in [0.29, 0.717) is 5.56 Å². The molecule has 130 valence electrons. The molecule has 1 aromatic heterocycles. The number of aromatic nitrogens is 1. The molecule has 1 saturated heterocycles. The van der Waals surface area contributed by atoms with Crippen molar-refractivity contribution in [3.05, 3.63) is 71.0 Å². The lowest BCUT2D eigenvalue weighted by Crippen LogP contribution is -2.53. The summed E-state index contributed by atoms with van der Waals surface area (Å²) in [5, 5.41) is 2.62. The number of halogens is 1. The Labute approximate surface area is 164 Å². The molecule has 0 saturated carbocycles. The van der Waals surface area contributed by atoms with Crippen molar-refractivity contribution in [3.63, 3.8) is 0 Å². The fraction of sp³-hybridized carbons (Fsp3) is 0.0526. The van der Waals surface area contributed by atoms with Crippen LogP contribution in [-0.2, 0) is 9.59 Å². The Morgan fingerprint density at radius 2 is 1.96 bits per heavy atom. The van der Waals surface area contributed by atoms with E-state index in [-0.39, 0.29) is 17.2 Å². The molecule has 5 nitrogen and oxygen atoms in total. The van der Waals surface area contributed by atoms with Gasteiger partial charge in [-0.15, -0.1) is 6.58 Å². The van der Waals surface area contributed by atoms with E-state index in [0.717, 1.165) is 15.6 Å². The topological polar surface area (TPSA) is 62.3 Å². The Kier molecular flexibility index (Phi) is 5.39. The average Bonchev–Trinajstić information content (AvgIpc) is 2.63. The highest BCUT2D eigenvalue weighted by atomic mass is 79.9. The summed E-state index contributed by atoms with van der Waals surface area (Å²) >= 11 is 8.47. The summed E-state index contributed by atoms with van der Waals surface area (Å²) in [7, 11) is 0. The van der Waals surface area contributed by atoms with Gasteiger partial charge in [0.25, 0.3) is 11.8 Å². The highest BCUT2D eigenvalue weighted by molar-refractivity contribution is 9.10. The predicted molar refractivity (Wildman–Crippen MR) is 108 cm³/mol. The standard InChI is InChI=1S/C19H14BrN3O2S/c1-2-9-23-18(25)16(17(24)22-19(23)26)10-13-11-21-8-7-15(13)12-3-5-14(20)6-4-12/h2-8,10-11H,1,9H2,(H,22,24,26)/b16-10+. The Bertz CT molecular complexity index is 938. The van der Waals surface area contributed by atoms with E-state index in [4.69, 9.17) is 12.2 Å². The molecule has 0 spiro atoms. The first kappa shape index (κ1) is 18.2. The number of benzene rings is 1. The Balaban J connectivity index is 2.05. The number of nitrogens with one attached hydrogen (secondary N) is 1. The van der Waals surface area contributed by atoms with Crippen LogP contribution in [0.4, 0.5) is 0 Å². The summed E-state index contributed by atoms with van der Waals surface area (Å²) in [6.07, 6.45) is 6.38. The van der Waals surface area contributed by atoms with Gasteiger partial charge >= 0.3 is 0 Å². The predicted octanol–water partition coefficient (Wildman–Crippen LogP) is 3.32. The van der Waals surface area contributed by atoms with Crippen LogP contribution in [0.3, 0.4) is 0 Å². The number of amides is 2. The maximum atomic E-state index is 12.7. The summed E-state index contributed by atoms with van der Waals surface area (Å²) in [5.41, 5.74) is 2.49. The molecule has 2 amide bonds. The number of thiocarbonyl (C=S) groups is 1. The number of carbonyl (C=O) groups excluding carboxylic acids is 2. The van der Waals surface area contributed by atoms with Crippen molar-refractivity contribution < 1.29 is 9.59 Å². The van der Waals surface area contributed by atoms with Crippen molar-refractivity contribution >= 4 is 51.2 Å². The zero-order chi connectivity index (χ0) is 18.7. The molecule has 1 fully saturated rings. The minimum Gasteiger partial charge on any atom is -0.298 e. The van der Waals surface area contributed by atoms with Crippen LogP contribution in [0.5, 0.6) is 0 Å². The van der Waals surface area contributed by atoms with Crippen molar-refractivity contribution in [2.24, 2.45) is 0 Å². The molecule has 3 rings (SSSR count). The number of nitrogens with zero attached hydrogens (tertiary/aromatic N) is 2. The van der Waals surface area contributed by atoms with E-state index >= 15 is 0 Å². The van der Waals surface area contributed by atoms with E-state index in [1.165, 1.54) is 4.90 Å². The van der Waals surface area contributed by atoms with Crippen LogP contribution in [-0.4, -0.2) is 33.4 Å². The van der Waals surface area contributed by atoms with Crippen LogP contribution >= 0.6 is 28.1 Å². The normalized spacial score (nSPS) is 16.0. The third kappa shape index (κ3) is 3.63. The molecule has 0 atom stereocenters. The van der Waals surface area contributed by atoms with E-state index in [9.17, 15) is 9.59 Å². The van der Waals surface area contributed by atoms with Crippen LogP contribution in [0.15, 0.2) is 65.4 Å². The van der Waals surface area contributed by atoms with Gasteiger partial charge < -0.3 is 0 Å². The molecule has 1 aromatic carbocycles. The smallest absolute Gasteiger partial charge is 0.265 e. The monoisotopic (exact) mass is 427 g/mol. The summed E-state index contributed by atoms with van der Waals surface area (Å²) in [6.45, 7) is 3.84. The molecule has 1 aliphatic rings. The van der Waals surface area contributed by atoms with Crippen LogP contribution in [0.1, 0.15) is 5.56 Å². The fourth-order valence-corrected chi connectivity index (χ4v) is 3.07. The highest BCUT2D eigenvalue weighted by Crippen LogP contribution is 2.27. The lowest BCUT2D eigenvalue weighted by molar-refractivity contribution is -0.128. The number of hydrogen-bond donors (Lipinski definition) is 1. The third-order valence-electron chi connectivity index (χ3n) is 3.80. The second-order valence-corrected chi connectivity index (χ2v) is 6.79. The molecule has 2 heterocycles. The minimum absolute atomic E-state index is 0.00631. The zero-order valence-corrected chi connectivity index (χ0v) is 16.0. The van der Waals surface area contributed by atoms with Gasteiger partial charge in [-0.3, -0.25) is 24.8 Å². The lowest BCUT2D eigenvalue weighted by Gasteiger charge is -2.27. The summed E-state index contributed by atoms with van der Waals surface area (Å²) in [4.78, 5) is 30.4. The quantitative estimate of drug-likeness (QED) is 0.351. The van der Waals surface area contributed by atoms with Crippen LogP contribution in [0.25, 0.3) is 17.2 Å². The van der Waals surface area contributed by atoms with Crippen molar-refractivity contribution in [1.29, 1.82) is 0 Å². The number of pyridine rings is 1. The molecule has 2 aromatic rings. The third-order valence-corrected chi connectivity index (χ3v) is 4.66. The first-order valence-corrected chi connectivity index (χ1v) is 8.91.